The summed E-state index contributed by atoms with van der Waals surface area (Å²) < 4.78 is 22.0. The summed E-state index contributed by atoms with van der Waals surface area (Å²) in [7, 11) is 0.995. The molecule has 0 atom stereocenters. The van der Waals surface area contributed by atoms with Gasteiger partial charge in [-0.1, -0.05) is 6.07 Å². The fourth-order valence-electron chi connectivity index (χ4n) is 1.05. The highest BCUT2D eigenvalue weighted by molar-refractivity contribution is 8.13. The van der Waals surface area contributed by atoms with E-state index in [1.165, 1.54) is 6.07 Å². The lowest BCUT2D eigenvalue weighted by Gasteiger charge is -2.05. The van der Waals surface area contributed by atoms with Gasteiger partial charge in [0, 0.05) is 16.6 Å². The molecule has 4 nitrogen and oxygen atoms in total. The lowest BCUT2D eigenvalue weighted by atomic mass is 10.1. The number of phenols is 1. The summed E-state index contributed by atoms with van der Waals surface area (Å²) in [6.07, 6.45) is 0. The third-order valence-electron chi connectivity index (χ3n) is 1.75. The molecule has 1 N–H and O–H groups in total. The Morgan fingerprint density at radius 3 is 2.47 bits per heavy atom. The molecule has 0 spiro atoms. The van der Waals surface area contributed by atoms with Crippen molar-refractivity contribution in [2.45, 2.75) is 10.8 Å². The van der Waals surface area contributed by atoms with Crippen molar-refractivity contribution in [2.75, 3.05) is 0 Å². The maximum absolute atomic E-state index is 11.0. The minimum atomic E-state index is -4.06. The highest BCUT2D eigenvalue weighted by Crippen LogP contribution is 2.31. The zero-order valence-corrected chi connectivity index (χ0v) is 9.57. The Morgan fingerprint density at radius 1 is 1.47 bits per heavy atom. The molecule has 0 saturated heterocycles. The summed E-state index contributed by atoms with van der Waals surface area (Å²) >= 11 is 5.50. The van der Waals surface area contributed by atoms with E-state index in [-0.39, 0.29) is 11.4 Å². The van der Waals surface area contributed by atoms with Crippen molar-refractivity contribution in [3.8, 4) is 11.8 Å². The van der Waals surface area contributed by atoms with E-state index in [1.54, 1.807) is 6.07 Å². The summed E-state index contributed by atoms with van der Waals surface area (Å²) in [5, 5.41) is 18.2. The number of nitrogens with zero attached hydrogens (tertiary/aromatic N) is 1. The lowest BCUT2D eigenvalue weighted by molar-refractivity contribution is 0.457. The van der Waals surface area contributed by atoms with E-state index < -0.39 is 19.7 Å². The first-order valence-corrected chi connectivity index (χ1v) is 6.51. The van der Waals surface area contributed by atoms with Crippen molar-refractivity contribution >= 4 is 31.3 Å². The van der Waals surface area contributed by atoms with Gasteiger partial charge in [-0.2, -0.15) is 5.26 Å². The quantitative estimate of drug-likeness (QED) is 0.655. The average Bonchev–Trinajstić information content (AvgIpc) is 2.15. The molecule has 15 heavy (non-hydrogen) atoms. The molecular weight excluding hydrogens is 261 g/mol. The highest BCUT2D eigenvalue weighted by atomic mass is 35.7. The summed E-state index contributed by atoms with van der Waals surface area (Å²) in [5.41, 5.74) is 0.174. The van der Waals surface area contributed by atoms with Gasteiger partial charge in [-0.05, 0) is 11.6 Å². The molecule has 0 heterocycles. The number of rotatable bonds is 2. The fourth-order valence-corrected chi connectivity index (χ4v) is 2.21. The Labute approximate surface area is 96.1 Å². The van der Waals surface area contributed by atoms with Crippen LogP contribution in [0.15, 0.2) is 17.0 Å². The summed E-state index contributed by atoms with van der Waals surface area (Å²) in [6.45, 7) is 0. The third-order valence-corrected chi connectivity index (χ3v) is 3.39. The topological polar surface area (TPSA) is 78.2 Å². The fraction of sp³-hybridized carbons (Fsp3) is 0.125. The first-order chi connectivity index (χ1) is 6.91. The molecular formula is C8H5Cl2NO3S. The smallest absolute Gasteiger partial charge is 0.265 e. The second-order valence-electron chi connectivity index (χ2n) is 2.63. The van der Waals surface area contributed by atoms with E-state index in [2.05, 4.69) is 0 Å². The van der Waals surface area contributed by atoms with Gasteiger partial charge in [-0.15, -0.1) is 11.6 Å². The molecule has 0 amide bonds. The molecule has 0 unspecified atom stereocenters. The number of benzene rings is 1. The van der Waals surface area contributed by atoms with Crippen LogP contribution < -0.4 is 0 Å². The van der Waals surface area contributed by atoms with Crippen LogP contribution in [0.3, 0.4) is 0 Å². The second kappa shape index (κ2) is 4.27. The van der Waals surface area contributed by atoms with Crippen molar-refractivity contribution < 1.29 is 13.5 Å². The standard InChI is InChI=1S/C8H5Cl2NO3S/c9-3-5-1-2-7(15(10,13)14)8(12)6(5)4-11/h1-2,12H,3H2. The molecule has 0 radical (unpaired) electrons. The van der Waals surface area contributed by atoms with Crippen LogP contribution in [0, 0.1) is 11.3 Å². The first kappa shape index (κ1) is 12.1. The van der Waals surface area contributed by atoms with Gasteiger partial charge in [0.25, 0.3) is 9.05 Å². The van der Waals surface area contributed by atoms with Crippen LogP contribution in [-0.4, -0.2) is 13.5 Å². The minimum absolute atomic E-state index is 0.000926. The van der Waals surface area contributed by atoms with Gasteiger partial charge in [0.15, 0.2) is 5.75 Å². The Balaban J connectivity index is 3.59. The average molecular weight is 266 g/mol. The third kappa shape index (κ3) is 2.34. The number of hydrogen-bond donors (Lipinski definition) is 1. The largest absolute Gasteiger partial charge is 0.505 e. The molecule has 0 aromatic heterocycles. The van der Waals surface area contributed by atoms with E-state index in [1.807, 2.05) is 0 Å². The molecule has 0 aliphatic carbocycles. The van der Waals surface area contributed by atoms with Crippen LogP contribution in [0.25, 0.3) is 0 Å². The molecule has 0 saturated carbocycles. The Hall–Kier alpha value is -0.960. The molecule has 0 aliphatic rings. The van der Waals surface area contributed by atoms with Crippen LogP contribution in [0.4, 0.5) is 0 Å². The van der Waals surface area contributed by atoms with Crippen LogP contribution in [0.1, 0.15) is 11.1 Å². The van der Waals surface area contributed by atoms with E-state index in [4.69, 9.17) is 27.5 Å². The van der Waals surface area contributed by atoms with Crippen molar-refractivity contribution in [2.24, 2.45) is 0 Å². The first-order valence-electron chi connectivity index (χ1n) is 3.67. The molecule has 1 aromatic rings. The maximum atomic E-state index is 11.0. The molecule has 80 valence electrons. The maximum Gasteiger partial charge on any atom is 0.265 e. The zero-order chi connectivity index (χ0) is 11.6. The van der Waals surface area contributed by atoms with Gasteiger partial charge >= 0.3 is 0 Å². The van der Waals surface area contributed by atoms with Gasteiger partial charge < -0.3 is 5.11 Å². The van der Waals surface area contributed by atoms with Crippen molar-refractivity contribution in [1.82, 2.24) is 0 Å². The van der Waals surface area contributed by atoms with Crippen LogP contribution in [-0.2, 0) is 14.9 Å². The van der Waals surface area contributed by atoms with Gasteiger partial charge in [-0.25, -0.2) is 8.42 Å². The van der Waals surface area contributed by atoms with E-state index in [0.717, 1.165) is 6.07 Å². The molecule has 1 aromatic carbocycles. The van der Waals surface area contributed by atoms with Gasteiger partial charge in [0.05, 0.1) is 5.56 Å². The zero-order valence-electron chi connectivity index (χ0n) is 7.24. The van der Waals surface area contributed by atoms with Crippen LogP contribution in [0.5, 0.6) is 5.75 Å². The number of phenolic OH excluding ortho intramolecular Hbond substituents is 1. The number of nitriles is 1. The second-order valence-corrected chi connectivity index (χ2v) is 5.43. The molecule has 1 rings (SSSR count). The van der Waals surface area contributed by atoms with Crippen molar-refractivity contribution in [1.29, 1.82) is 5.26 Å². The molecule has 0 fully saturated rings. The lowest BCUT2D eigenvalue weighted by Crippen LogP contribution is -1.96. The van der Waals surface area contributed by atoms with Gasteiger partial charge in [0.2, 0.25) is 0 Å². The Kier molecular flexibility index (Phi) is 3.45. The van der Waals surface area contributed by atoms with E-state index >= 15 is 0 Å². The molecule has 0 aliphatic heterocycles. The van der Waals surface area contributed by atoms with E-state index in [0.29, 0.717) is 5.56 Å². The van der Waals surface area contributed by atoms with E-state index in [9.17, 15) is 13.5 Å². The number of hydrogen-bond acceptors (Lipinski definition) is 4. The molecule has 0 bridgehead atoms. The van der Waals surface area contributed by atoms with Gasteiger partial charge in [0.1, 0.15) is 11.0 Å². The summed E-state index contributed by atoms with van der Waals surface area (Å²) in [5.74, 6) is -0.662. The normalized spacial score (nSPS) is 11.0. The van der Waals surface area contributed by atoms with Crippen molar-refractivity contribution in [3.63, 3.8) is 0 Å². The Morgan fingerprint density at radius 2 is 2.07 bits per heavy atom. The Bertz CT molecular complexity index is 534. The SMILES string of the molecule is N#Cc1c(CCl)ccc(S(=O)(=O)Cl)c1O. The minimum Gasteiger partial charge on any atom is -0.505 e. The van der Waals surface area contributed by atoms with Crippen molar-refractivity contribution in [3.05, 3.63) is 23.3 Å². The predicted octanol–water partition coefficient (Wildman–Crippen LogP) is 1.93. The monoisotopic (exact) mass is 265 g/mol. The van der Waals surface area contributed by atoms with Gasteiger partial charge in [-0.3, -0.25) is 0 Å². The number of halogens is 2. The number of alkyl halides is 1. The predicted molar refractivity (Wildman–Crippen MR) is 55.4 cm³/mol. The summed E-state index contributed by atoms with van der Waals surface area (Å²) in [6, 6.07) is 4.11. The molecule has 7 heteroatoms. The van der Waals surface area contributed by atoms with Crippen LogP contribution in [0.2, 0.25) is 0 Å². The van der Waals surface area contributed by atoms with Crippen LogP contribution >= 0.6 is 22.3 Å². The summed E-state index contributed by atoms with van der Waals surface area (Å²) in [4.78, 5) is -0.491. The number of aromatic hydroxyl groups is 1. The highest BCUT2D eigenvalue weighted by Gasteiger charge is 2.20.